The Kier molecular flexibility index (Phi) is 3.04. The summed E-state index contributed by atoms with van der Waals surface area (Å²) in [5.74, 6) is -1.84. The van der Waals surface area contributed by atoms with Crippen LogP contribution in [0, 0.1) is 5.92 Å². The average molecular weight is 210 g/mol. The van der Waals surface area contributed by atoms with Crippen LogP contribution >= 0.6 is 0 Å². The minimum Gasteiger partial charge on any atom is -0.340 e. The van der Waals surface area contributed by atoms with Gasteiger partial charge in [-0.05, 0) is 0 Å². The first kappa shape index (κ1) is 11.3. The van der Waals surface area contributed by atoms with Gasteiger partial charge in [-0.3, -0.25) is 4.79 Å². The fraction of sp³-hybridized carbons (Fsp3) is 0.875. The Balaban J connectivity index is 2.65. The number of rotatable bonds is 1. The molecule has 2 N–H and O–H groups in total. The van der Waals surface area contributed by atoms with Gasteiger partial charge in [-0.1, -0.05) is 6.92 Å². The maximum atomic E-state index is 12.3. The summed E-state index contributed by atoms with van der Waals surface area (Å²) in [5.41, 5.74) is 5.33. The maximum absolute atomic E-state index is 12.3. The normalized spacial score (nSPS) is 28.2. The number of hydrogen-bond donors (Lipinski definition) is 1. The molecule has 0 aliphatic carbocycles. The molecule has 1 aliphatic heterocycles. The summed E-state index contributed by atoms with van der Waals surface area (Å²) in [6.45, 7) is 1.34. The van der Waals surface area contributed by atoms with E-state index in [0.717, 1.165) is 0 Å². The van der Waals surface area contributed by atoms with Crippen LogP contribution in [0.1, 0.15) is 13.3 Å². The Bertz CT molecular complexity index is 229. The zero-order valence-corrected chi connectivity index (χ0v) is 7.84. The topological polar surface area (TPSA) is 46.3 Å². The predicted octanol–water partition coefficient (Wildman–Crippen LogP) is 0.744. The molecule has 1 amide bonds. The Hall–Kier alpha value is -0.780. The molecule has 82 valence electrons. The first-order chi connectivity index (χ1) is 6.36. The van der Waals surface area contributed by atoms with Crippen molar-refractivity contribution < 1.29 is 18.0 Å². The van der Waals surface area contributed by atoms with Crippen molar-refractivity contribution in [3.05, 3.63) is 0 Å². The van der Waals surface area contributed by atoms with E-state index in [1.54, 1.807) is 6.92 Å². The zero-order valence-electron chi connectivity index (χ0n) is 7.84. The Labute approximate surface area is 80.0 Å². The van der Waals surface area contributed by atoms with Crippen molar-refractivity contribution in [2.24, 2.45) is 11.7 Å². The molecule has 1 fully saturated rings. The van der Waals surface area contributed by atoms with Gasteiger partial charge in [0.05, 0.1) is 5.92 Å². The SMILES string of the molecule is CCC(=O)N1CC(N)C(C(F)(F)F)C1. The maximum Gasteiger partial charge on any atom is 0.395 e. The molecule has 0 radical (unpaired) electrons. The number of alkyl halides is 3. The van der Waals surface area contributed by atoms with Crippen molar-refractivity contribution >= 4 is 5.91 Å². The molecule has 2 unspecified atom stereocenters. The average Bonchev–Trinajstić information content (AvgIpc) is 2.45. The van der Waals surface area contributed by atoms with Crippen LogP contribution in [0.25, 0.3) is 0 Å². The highest BCUT2D eigenvalue weighted by molar-refractivity contribution is 5.76. The van der Waals surface area contributed by atoms with Crippen molar-refractivity contribution in [1.29, 1.82) is 0 Å². The standard InChI is InChI=1S/C8H13F3N2O/c1-2-7(14)13-3-5(6(12)4-13)8(9,10)11/h5-6H,2-4,12H2,1H3. The third kappa shape index (κ3) is 2.17. The van der Waals surface area contributed by atoms with E-state index in [9.17, 15) is 18.0 Å². The lowest BCUT2D eigenvalue weighted by molar-refractivity contribution is -0.173. The summed E-state index contributed by atoms with van der Waals surface area (Å²) >= 11 is 0. The second-order valence-electron chi connectivity index (χ2n) is 3.46. The summed E-state index contributed by atoms with van der Waals surface area (Å²) in [7, 11) is 0. The van der Waals surface area contributed by atoms with Crippen molar-refractivity contribution in [3.63, 3.8) is 0 Å². The molecule has 0 bridgehead atoms. The lowest BCUT2D eigenvalue weighted by Gasteiger charge is -2.17. The molecule has 0 spiro atoms. The lowest BCUT2D eigenvalue weighted by Crippen LogP contribution is -2.38. The molecular weight excluding hydrogens is 197 g/mol. The second kappa shape index (κ2) is 3.76. The van der Waals surface area contributed by atoms with Crippen LogP contribution in [-0.4, -0.2) is 36.1 Å². The first-order valence-corrected chi connectivity index (χ1v) is 4.46. The highest BCUT2D eigenvalue weighted by atomic mass is 19.4. The second-order valence-corrected chi connectivity index (χ2v) is 3.46. The van der Waals surface area contributed by atoms with E-state index in [1.165, 1.54) is 4.90 Å². The van der Waals surface area contributed by atoms with E-state index in [2.05, 4.69) is 0 Å². The number of amides is 1. The lowest BCUT2D eigenvalue weighted by atomic mass is 10.1. The summed E-state index contributed by atoms with van der Waals surface area (Å²) in [6.07, 6.45) is -4.08. The van der Waals surface area contributed by atoms with Gasteiger partial charge in [-0.2, -0.15) is 13.2 Å². The van der Waals surface area contributed by atoms with Gasteiger partial charge in [0.1, 0.15) is 0 Å². The third-order valence-electron chi connectivity index (χ3n) is 2.44. The molecule has 1 heterocycles. The first-order valence-electron chi connectivity index (χ1n) is 4.46. The van der Waals surface area contributed by atoms with Gasteiger partial charge in [-0.25, -0.2) is 0 Å². The van der Waals surface area contributed by atoms with Crippen LogP contribution in [0.5, 0.6) is 0 Å². The van der Waals surface area contributed by atoms with Crippen molar-refractivity contribution in [2.45, 2.75) is 25.6 Å². The minimum atomic E-state index is -4.30. The fourth-order valence-corrected chi connectivity index (χ4v) is 1.60. The van der Waals surface area contributed by atoms with Gasteiger partial charge in [-0.15, -0.1) is 0 Å². The number of likely N-dealkylation sites (tertiary alicyclic amines) is 1. The quantitative estimate of drug-likeness (QED) is 0.694. The molecule has 2 atom stereocenters. The number of nitrogens with zero attached hydrogens (tertiary/aromatic N) is 1. The molecule has 1 saturated heterocycles. The number of hydrogen-bond acceptors (Lipinski definition) is 2. The zero-order chi connectivity index (χ0) is 10.9. The Morgan fingerprint density at radius 2 is 2.07 bits per heavy atom. The molecule has 6 heteroatoms. The van der Waals surface area contributed by atoms with Gasteiger partial charge in [0.25, 0.3) is 0 Å². The molecular formula is C8H13F3N2O. The third-order valence-corrected chi connectivity index (χ3v) is 2.44. The molecule has 0 aromatic carbocycles. The van der Waals surface area contributed by atoms with Crippen LogP contribution in [0.15, 0.2) is 0 Å². The van der Waals surface area contributed by atoms with Crippen LogP contribution in [0.4, 0.5) is 13.2 Å². The van der Waals surface area contributed by atoms with E-state index in [1.807, 2.05) is 0 Å². The number of carbonyl (C=O) groups is 1. The predicted molar refractivity (Wildman–Crippen MR) is 44.4 cm³/mol. The molecule has 3 nitrogen and oxygen atoms in total. The largest absolute Gasteiger partial charge is 0.395 e. The summed E-state index contributed by atoms with van der Waals surface area (Å²) < 4.78 is 37.0. The van der Waals surface area contributed by atoms with Gasteiger partial charge in [0.15, 0.2) is 0 Å². The van der Waals surface area contributed by atoms with E-state index in [-0.39, 0.29) is 25.4 Å². The molecule has 1 aliphatic rings. The van der Waals surface area contributed by atoms with Crippen LogP contribution in [0.3, 0.4) is 0 Å². The molecule has 1 rings (SSSR count). The highest BCUT2D eigenvalue weighted by Crippen LogP contribution is 2.32. The number of halogens is 3. The van der Waals surface area contributed by atoms with Crippen LogP contribution in [0.2, 0.25) is 0 Å². The molecule has 0 saturated carbocycles. The van der Waals surface area contributed by atoms with E-state index < -0.39 is 18.1 Å². The van der Waals surface area contributed by atoms with Crippen molar-refractivity contribution in [1.82, 2.24) is 4.90 Å². The number of carbonyl (C=O) groups excluding carboxylic acids is 1. The van der Waals surface area contributed by atoms with Gasteiger partial charge < -0.3 is 10.6 Å². The van der Waals surface area contributed by atoms with Gasteiger partial charge >= 0.3 is 6.18 Å². The molecule has 0 aromatic heterocycles. The molecule has 0 aromatic rings. The summed E-state index contributed by atoms with van der Waals surface area (Å²) in [4.78, 5) is 12.3. The van der Waals surface area contributed by atoms with Gasteiger partial charge in [0, 0.05) is 25.6 Å². The number of nitrogens with two attached hydrogens (primary N) is 1. The Morgan fingerprint density at radius 3 is 2.43 bits per heavy atom. The summed E-state index contributed by atoms with van der Waals surface area (Å²) in [6, 6.07) is -0.981. The van der Waals surface area contributed by atoms with E-state index >= 15 is 0 Å². The van der Waals surface area contributed by atoms with E-state index in [0.29, 0.717) is 0 Å². The molecule has 14 heavy (non-hydrogen) atoms. The highest BCUT2D eigenvalue weighted by Gasteiger charge is 2.49. The fourth-order valence-electron chi connectivity index (χ4n) is 1.60. The van der Waals surface area contributed by atoms with Crippen LogP contribution in [-0.2, 0) is 4.79 Å². The monoisotopic (exact) mass is 210 g/mol. The van der Waals surface area contributed by atoms with Gasteiger partial charge in [0.2, 0.25) is 5.91 Å². The van der Waals surface area contributed by atoms with Crippen molar-refractivity contribution in [3.8, 4) is 0 Å². The summed E-state index contributed by atoms with van der Waals surface area (Å²) in [5, 5.41) is 0. The smallest absolute Gasteiger partial charge is 0.340 e. The van der Waals surface area contributed by atoms with Crippen LogP contribution < -0.4 is 5.73 Å². The van der Waals surface area contributed by atoms with Crippen molar-refractivity contribution in [2.75, 3.05) is 13.1 Å². The Morgan fingerprint density at radius 1 is 1.50 bits per heavy atom. The minimum absolute atomic E-state index is 0.0108. The van der Waals surface area contributed by atoms with E-state index in [4.69, 9.17) is 5.73 Å².